The minimum absolute atomic E-state index is 0.100. The monoisotopic (exact) mass is 534 g/mol. The van der Waals surface area contributed by atoms with E-state index in [4.69, 9.17) is 9.47 Å². The van der Waals surface area contributed by atoms with Crippen LogP contribution < -0.4 is 4.74 Å². The molecule has 208 valence electrons. The Morgan fingerprint density at radius 3 is 1.75 bits per heavy atom. The molecule has 0 saturated heterocycles. The molecule has 0 aliphatic heterocycles. The van der Waals surface area contributed by atoms with Crippen molar-refractivity contribution in [3.05, 3.63) is 103 Å². The van der Waals surface area contributed by atoms with Gasteiger partial charge in [-0.2, -0.15) is 0 Å². The van der Waals surface area contributed by atoms with Gasteiger partial charge in [0.15, 0.2) is 0 Å². The van der Waals surface area contributed by atoms with Crippen LogP contribution in [-0.4, -0.2) is 18.2 Å². The molecular weight excluding hydrogens is 492 g/mol. The van der Waals surface area contributed by atoms with E-state index in [0.29, 0.717) is 13.0 Å². The summed E-state index contributed by atoms with van der Waals surface area (Å²) in [5.41, 5.74) is 7.92. The molecule has 0 aliphatic rings. The predicted molar refractivity (Wildman–Crippen MR) is 167 cm³/mol. The first-order valence-corrected chi connectivity index (χ1v) is 14.5. The summed E-state index contributed by atoms with van der Waals surface area (Å²) in [6.07, 6.45) is 5.60. The fourth-order valence-electron chi connectivity index (χ4n) is 4.79. The van der Waals surface area contributed by atoms with Gasteiger partial charge in [-0.3, -0.25) is 4.79 Å². The van der Waals surface area contributed by atoms with Gasteiger partial charge < -0.3 is 9.47 Å². The van der Waals surface area contributed by atoms with Crippen LogP contribution >= 0.6 is 0 Å². The quantitative estimate of drug-likeness (QED) is 0.134. The molecule has 0 heterocycles. The van der Waals surface area contributed by atoms with E-state index in [1.54, 1.807) is 0 Å². The van der Waals surface area contributed by atoms with Crippen molar-refractivity contribution in [3.8, 4) is 39.1 Å². The highest BCUT2D eigenvalue weighted by atomic mass is 16.6. The van der Waals surface area contributed by atoms with Gasteiger partial charge in [0, 0.05) is 12.0 Å². The van der Waals surface area contributed by atoms with E-state index in [-0.39, 0.29) is 5.97 Å². The summed E-state index contributed by atoms with van der Waals surface area (Å²) in [4.78, 5) is 11.8. The van der Waals surface area contributed by atoms with Crippen LogP contribution in [0.3, 0.4) is 0 Å². The van der Waals surface area contributed by atoms with Crippen LogP contribution in [0.15, 0.2) is 97.1 Å². The Hall–Kier alpha value is -3.85. The molecule has 0 amide bonds. The number of aryl methyl sites for hydroxylation is 1. The molecule has 0 atom stereocenters. The lowest BCUT2D eigenvalue weighted by atomic mass is 9.97. The summed E-state index contributed by atoms with van der Waals surface area (Å²) in [7, 11) is 0. The minimum atomic E-state index is -0.403. The first-order valence-electron chi connectivity index (χ1n) is 14.5. The van der Waals surface area contributed by atoms with Gasteiger partial charge in [0.1, 0.15) is 11.4 Å². The van der Waals surface area contributed by atoms with Crippen LogP contribution in [0, 0.1) is 6.92 Å². The number of unbranched alkanes of at least 4 members (excludes halogenated alkanes) is 4. The molecule has 0 bridgehead atoms. The molecule has 0 saturated carbocycles. The number of hydrogen-bond acceptors (Lipinski definition) is 3. The summed E-state index contributed by atoms with van der Waals surface area (Å²) in [6, 6.07) is 34.4. The second-order valence-electron chi connectivity index (χ2n) is 11.5. The maximum Gasteiger partial charge on any atom is 0.306 e. The first-order chi connectivity index (χ1) is 19.3. The smallest absolute Gasteiger partial charge is 0.306 e. The van der Waals surface area contributed by atoms with Crippen molar-refractivity contribution in [3.63, 3.8) is 0 Å². The van der Waals surface area contributed by atoms with Crippen molar-refractivity contribution in [1.82, 2.24) is 0 Å². The Morgan fingerprint density at radius 1 is 0.625 bits per heavy atom. The van der Waals surface area contributed by atoms with Crippen molar-refractivity contribution < 1.29 is 14.3 Å². The third kappa shape index (κ3) is 8.84. The number of ether oxygens (including phenoxy) is 2. The van der Waals surface area contributed by atoms with Crippen LogP contribution in [0.25, 0.3) is 33.4 Å². The van der Waals surface area contributed by atoms with Gasteiger partial charge in [-0.15, -0.1) is 0 Å². The Balaban J connectivity index is 1.28. The topological polar surface area (TPSA) is 35.5 Å². The molecule has 0 aliphatic carbocycles. The molecule has 3 nitrogen and oxygen atoms in total. The van der Waals surface area contributed by atoms with Gasteiger partial charge in [-0.25, -0.2) is 0 Å². The van der Waals surface area contributed by atoms with E-state index < -0.39 is 5.60 Å². The molecule has 0 aromatic heterocycles. The van der Waals surface area contributed by atoms with E-state index in [9.17, 15) is 4.79 Å². The molecule has 4 aromatic carbocycles. The van der Waals surface area contributed by atoms with Crippen molar-refractivity contribution in [1.29, 1.82) is 0 Å². The van der Waals surface area contributed by atoms with E-state index in [1.807, 2.05) is 26.8 Å². The number of benzene rings is 4. The highest BCUT2D eigenvalue weighted by Crippen LogP contribution is 2.33. The van der Waals surface area contributed by atoms with Crippen LogP contribution in [0.1, 0.15) is 64.9 Å². The summed E-state index contributed by atoms with van der Waals surface area (Å²) >= 11 is 0. The van der Waals surface area contributed by atoms with E-state index >= 15 is 0 Å². The van der Waals surface area contributed by atoms with Gasteiger partial charge in [-0.1, -0.05) is 110 Å². The zero-order valence-electron chi connectivity index (χ0n) is 24.4. The molecule has 0 radical (unpaired) electrons. The Kier molecular flexibility index (Phi) is 10.2. The molecule has 4 rings (SSSR count). The third-order valence-electron chi connectivity index (χ3n) is 6.86. The second-order valence-corrected chi connectivity index (χ2v) is 11.5. The van der Waals surface area contributed by atoms with Crippen molar-refractivity contribution >= 4 is 5.97 Å². The number of hydrogen-bond donors (Lipinski definition) is 0. The lowest BCUT2D eigenvalue weighted by Crippen LogP contribution is -2.23. The van der Waals surface area contributed by atoms with Gasteiger partial charge in [0.05, 0.1) is 6.61 Å². The average molecular weight is 535 g/mol. The second kappa shape index (κ2) is 14.0. The Bertz CT molecular complexity index is 1350. The first kappa shape index (κ1) is 29.1. The zero-order valence-corrected chi connectivity index (χ0v) is 24.4. The standard InChI is InChI=1S/C37H42O3/c1-28-16-25-34(35(27-28)39-26-12-7-5-6-11-15-36(38)40-37(2,3)4)33-23-21-32(22-24-33)31-19-17-30(18-20-31)29-13-9-8-10-14-29/h8-10,13-14,16-25,27H,5-7,11-12,15,26H2,1-4H3. The lowest BCUT2D eigenvalue weighted by molar-refractivity contribution is -0.154. The van der Waals surface area contributed by atoms with Gasteiger partial charge >= 0.3 is 5.97 Å². The average Bonchev–Trinajstić information content (AvgIpc) is 2.94. The Labute approximate surface area is 240 Å². The van der Waals surface area contributed by atoms with E-state index in [0.717, 1.165) is 49.0 Å². The fraction of sp³-hybridized carbons (Fsp3) is 0.324. The normalized spacial score (nSPS) is 11.3. The maximum atomic E-state index is 11.8. The molecule has 40 heavy (non-hydrogen) atoms. The maximum absolute atomic E-state index is 11.8. The predicted octanol–water partition coefficient (Wildman–Crippen LogP) is 10.1. The van der Waals surface area contributed by atoms with Crippen molar-refractivity contribution in [2.24, 2.45) is 0 Å². The summed E-state index contributed by atoms with van der Waals surface area (Å²) in [5, 5.41) is 0. The third-order valence-corrected chi connectivity index (χ3v) is 6.86. The number of rotatable bonds is 12. The zero-order chi connectivity index (χ0) is 28.4. The van der Waals surface area contributed by atoms with Crippen LogP contribution in [0.5, 0.6) is 5.75 Å². The van der Waals surface area contributed by atoms with E-state index in [1.165, 1.54) is 27.8 Å². The molecular formula is C37H42O3. The highest BCUT2D eigenvalue weighted by Gasteiger charge is 2.15. The number of carbonyl (C=O) groups excluding carboxylic acids is 1. The molecule has 0 unspecified atom stereocenters. The molecule has 0 N–H and O–H groups in total. The van der Waals surface area contributed by atoms with Gasteiger partial charge in [0.25, 0.3) is 0 Å². The molecule has 3 heteroatoms. The number of carbonyl (C=O) groups is 1. The highest BCUT2D eigenvalue weighted by molar-refractivity contribution is 5.75. The van der Waals surface area contributed by atoms with Crippen molar-refractivity contribution in [2.75, 3.05) is 6.61 Å². The minimum Gasteiger partial charge on any atom is -0.493 e. The van der Waals surface area contributed by atoms with Crippen LogP contribution in [-0.2, 0) is 9.53 Å². The molecule has 4 aromatic rings. The summed E-state index contributed by atoms with van der Waals surface area (Å²) in [6.45, 7) is 8.51. The summed E-state index contributed by atoms with van der Waals surface area (Å²) < 4.78 is 11.6. The van der Waals surface area contributed by atoms with Gasteiger partial charge in [-0.05, 0) is 80.0 Å². The van der Waals surface area contributed by atoms with Crippen LogP contribution in [0.2, 0.25) is 0 Å². The van der Waals surface area contributed by atoms with Crippen LogP contribution in [0.4, 0.5) is 0 Å². The fourth-order valence-corrected chi connectivity index (χ4v) is 4.79. The SMILES string of the molecule is Cc1ccc(-c2ccc(-c3ccc(-c4ccccc4)cc3)cc2)c(OCCCCCCCC(=O)OC(C)(C)C)c1. The number of esters is 1. The Morgan fingerprint density at radius 2 is 1.15 bits per heavy atom. The molecule has 0 spiro atoms. The van der Waals surface area contributed by atoms with E-state index in [2.05, 4.69) is 97.9 Å². The summed E-state index contributed by atoms with van der Waals surface area (Å²) in [5.74, 6) is 0.835. The lowest BCUT2D eigenvalue weighted by Gasteiger charge is -2.19. The van der Waals surface area contributed by atoms with Crippen molar-refractivity contribution in [2.45, 2.75) is 71.8 Å². The largest absolute Gasteiger partial charge is 0.493 e. The van der Waals surface area contributed by atoms with Gasteiger partial charge in [0.2, 0.25) is 0 Å². The molecule has 0 fully saturated rings.